The van der Waals surface area contributed by atoms with Gasteiger partial charge in [-0.2, -0.15) is 0 Å². The fourth-order valence-corrected chi connectivity index (χ4v) is 8.93. The van der Waals surface area contributed by atoms with Crippen LogP contribution in [0.25, 0.3) is 19.5 Å². The van der Waals surface area contributed by atoms with E-state index in [1.807, 2.05) is 34.4 Å². The molecule has 0 fully saturated rings. The lowest BCUT2D eigenvalue weighted by Crippen LogP contribution is -1.96. The first-order valence-corrected chi connectivity index (χ1v) is 10.1. The average Bonchev–Trinajstić information content (AvgIpc) is 3.07. The fourth-order valence-electron chi connectivity index (χ4n) is 3.17. The topological polar surface area (TPSA) is 0 Å². The van der Waals surface area contributed by atoms with E-state index in [1.54, 1.807) is 10.5 Å². The Morgan fingerprint density at radius 1 is 1.00 bits per heavy atom. The number of thioether (sulfide) groups is 2. The van der Waals surface area contributed by atoms with Crippen LogP contribution in [0.3, 0.4) is 0 Å². The highest BCUT2D eigenvalue weighted by molar-refractivity contribution is 8.07. The summed E-state index contributed by atoms with van der Waals surface area (Å²) in [5.41, 5.74) is 1.57. The number of allylic oxidation sites excluding steroid dienone is 1. The molecule has 0 amide bonds. The molecule has 100 valence electrons. The molecule has 0 N–H and O–H groups in total. The second kappa shape index (κ2) is 4.07. The summed E-state index contributed by atoms with van der Waals surface area (Å²) in [5.74, 6) is 0. The Bertz CT molecular complexity index is 896. The SMILES string of the molecule is CC1=CC2Sc3c(ccc4c3sc3cc(C)sc34)C2S1. The Balaban J connectivity index is 1.79. The van der Waals surface area contributed by atoms with Gasteiger partial charge in [-0.25, -0.2) is 0 Å². The van der Waals surface area contributed by atoms with Gasteiger partial charge < -0.3 is 0 Å². The number of fused-ring (bicyclic) bond motifs is 7. The van der Waals surface area contributed by atoms with Crippen LogP contribution >= 0.6 is 46.2 Å². The lowest BCUT2D eigenvalue weighted by Gasteiger charge is -2.07. The van der Waals surface area contributed by atoms with Crippen molar-refractivity contribution in [2.24, 2.45) is 0 Å². The van der Waals surface area contributed by atoms with Gasteiger partial charge in [0.05, 0.1) is 14.6 Å². The standard InChI is InChI=1S/C16H12S4/c1-7-5-11-13(17-7)9-3-4-10-14-12(6-8(2)18-14)20-16(10)15(9)19-11/h3-6,11,13H,1-2H3. The Morgan fingerprint density at radius 2 is 1.90 bits per heavy atom. The first-order valence-electron chi connectivity index (χ1n) is 6.68. The van der Waals surface area contributed by atoms with Crippen molar-refractivity contribution >= 4 is 65.7 Å². The zero-order valence-electron chi connectivity index (χ0n) is 11.1. The highest BCUT2D eigenvalue weighted by Crippen LogP contribution is 2.60. The third-order valence-electron chi connectivity index (χ3n) is 3.99. The van der Waals surface area contributed by atoms with Crippen LogP contribution in [0.5, 0.6) is 0 Å². The normalized spacial score (nSPS) is 24.4. The average molecular weight is 333 g/mol. The van der Waals surface area contributed by atoms with Crippen molar-refractivity contribution in [1.82, 2.24) is 0 Å². The van der Waals surface area contributed by atoms with Crippen molar-refractivity contribution in [3.8, 4) is 0 Å². The lowest BCUT2D eigenvalue weighted by molar-refractivity contribution is 1.03. The molecule has 2 aromatic heterocycles. The predicted octanol–water partition coefficient (Wildman–Crippen LogP) is 6.59. The van der Waals surface area contributed by atoms with E-state index in [4.69, 9.17) is 0 Å². The molecule has 20 heavy (non-hydrogen) atoms. The largest absolute Gasteiger partial charge is 0.139 e. The molecule has 0 saturated carbocycles. The van der Waals surface area contributed by atoms with Crippen molar-refractivity contribution in [3.63, 3.8) is 0 Å². The van der Waals surface area contributed by atoms with Crippen LogP contribution in [0.2, 0.25) is 0 Å². The Kier molecular flexibility index (Phi) is 2.47. The van der Waals surface area contributed by atoms with Crippen molar-refractivity contribution in [3.05, 3.63) is 39.6 Å². The van der Waals surface area contributed by atoms with E-state index in [1.165, 1.54) is 29.3 Å². The Morgan fingerprint density at radius 3 is 2.80 bits per heavy atom. The van der Waals surface area contributed by atoms with Crippen LogP contribution in [0.4, 0.5) is 0 Å². The number of hydrogen-bond acceptors (Lipinski definition) is 4. The molecule has 4 heterocycles. The van der Waals surface area contributed by atoms with Crippen LogP contribution in [0, 0.1) is 6.92 Å². The fraction of sp³-hybridized carbons (Fsp3) is 0.250. The minimum Gasteiger partial charge on any atom is -0.139 e. The summed E-state index contributed by atoms with van der Waals surface area (Å²) in [6.07, 6.45) is 2.45. The third-order valence-corrected chi connectivity index (χ3v) is 9.34. The molecule has 2 aliphatic heterocycles. The maximum absolute atomic E-state index is 2.45. The van der Waals surface area contributed by atoms with Gasteiger partial charge in [-0.1, -0.05) is 18.2 Å². The number of rotatable bonds is 0. The smallest absolute Gasteiger partial charge is 0.0532 e. The molecule has 2 atom stereocenters. The molecular formula is C16H12S4. The minimum atomic E-state index is 0.654. The molecular weight excluding hydrogens is 320 g/mol. The summed E-state index contributed by atoms with van der Waals surface area (Å²) in [7, 11) is 0. The second-order valence-electron chi connectivity index (χ2n) is 5.41. The van der Waals surface area contributed by atoms with Gasteiger partial charge in [0.2, 0.25) is 0 Å². The maximum atomic E-state index is 2.45. The third kappa shape index (κ3) is 1.51. The number of thiophene rings is 2. The van der Waals surface area contributed by atoms with Crippen LogP contribution in [0.15, 0.2) is 34.1 Å². The van der Waals surface area contributed by atoms with E-state index in [-0.39, 0.29) is 0 Å². The molecule has 0 spiro atoms. The molecule has 2 aliphatic rings. The second-order valence-corrected chi connectivity index (χ2v) is 10.3. The van der Waals surface area contributed by atoms with E-state index in [2.05, 4.69) is 49.9 Å². The predicted molar refractivity (Wildman–Crippen MR) is 95.7 cm³/mol. The lowest BCUT2D eigenvalue weighted by atomic mass is 10.1. The Hall–Kier alpha value is -0.420. The van der Waals surface area contributed by atoms with E-state index >= 15 is 0 Å². The number of hydrogen-bond donors (Lipinski definition) is 0. The van der Waals surface area contributed by atoms with Gasteiger partial charge in [0, 0.05) is 25.1 Å². The van der Waals surface area contributed by atoms with Gasteiger partial charge in [-0.3, -0.25) is 0 Å². The van der Waals surface area contributed by atoms with Crippen molar-refractivity contribution in [2.75, 3.05) is 0 Å². The molecule has 4 heteroatoms. The van der Waals surface area contributed by atoms with E-state index in [9.17, 15) is 0 Å². The first-order chi connectivity index (χ1) is 9.70. The minimum absolute atomic E-state index is 0.654. The van der Waals surface area contributed by atoms with Gasteiger partial charge in [0.1, 0.15) is 0 Å². The zero-order chi connectivity index (χ0) is 13.4. The summed E-state index contributed by atoms with van der Waals surface area (Å²) in [6.45, 7) is 4.45. The maximum Gasteiger partial charge on any atom is 0.0532 e. The molecule has 0 bridgehead atoms. The van der Waals surface area contributed by atoms with Gasteiger partial charge in [0.15, 0.2) is 0 Å². The summed E-state index contributed by atoms with van der Waals surface area (Å²) < 4.78 is 4.48. The summed E-state index contributed by atoms with van der Waals surface area (Å²) >= 11 is 8.05. The van der Waals surface area contributed by atoms with E-state index < -0.39 is 0 Å². The highest BCUT2D eigenvalue weighted by Gasteiger charge is 2.38. The Labute approximate surface area is 134 Å². The molecule has 0 nitrogen and oxygen atoms in total. The zero-order valence-corrected chi connectivity index (χ0v) is 14.4. The number of aryl methyl sites for hydroxylation is 1. The molecule has 0 radical (unpaired) electrons. The van der Waals surface area contributed by atoms with Crippen molar-refractivity contribution in [2.45, 2.75) is 29.2 Å². The van der Waals surface area contributed by atoms with Crippen molar-refractivity contribution < 1.29 is 0 Å². The van der Waals surface area contributed by atoms with E-state index in [0.29, 0.717) is 10.5 Å². The number of benzene rings is 1. The molecule has 1 aromatic carbocycles. The van der Waals surface area contributed by atoms with Gasteiger partial charge >= 0.3 is 0 Å². The van der Waals surface area contributed by atoms with Crippen LogP contribution in [-0.4, -0.2) is 5.25 Å². The molecule has 5 rings (SSSR count). The molecule has 3 aromatic rings. The van der Waals surface area contributed by atoms with Gasteiger partial charge in [-0.05, 0) is 30.4 Å². The quantitative estimate of drug-likeness (QED) is 0.455. The molecule has 2 unspecified atom stereocenters. The monoisotopic (exact) mass is 332 g/mol. The summed E-state index contributed by atoms with van der Waals surface area (Å²) in [6, 6.07) is 7.09. The van der Waals surface area contributed by atoms with E-state index in [0.717, 1.165) is 0 Å². The van der Waals surface area contributed by atoms with Crippen LogP contribution < -0.4 is 0 Å². The van der Waals surface area contributed by atoms with Gasteiger partial charge in [0.25, 0.3) is 0 Å². The highest BCUT2D eigenvalue weighted by atomic mass is 32.2. The molecule has 0 aliphatic carbocycles. The first kappa shape index (κ1) is 12.2. The molecule has 0 saturated heterocycles. The van der Waals surface area contributed by atoms with Crippen LogP contribution in [-0.2, 0) is 0 Å². The summed E-state index contributed by atoms with van der Waals surface area (Å²) in [4.78, 5) is 4.47. The van der Waals surface area contributed by atoms with Crippen molar-refractivity contribution in [1.29, 1.82) is 0 Å². The summed E-state index contributed by atoms with van der Waals surface area (Å²) in [5, 5.41) is 2.78. The van der Waals surface area contributed by atoms with Gasteiger partial charge in [-0.15, -0.1) is 46.2 Å². The van der Waals surface area contributed by atoms with Crippen LogP contribution in [0.1, 0.15) is 22.6 Å².